The first-order chi connectivity index (χ1) is 19.8. The van der Waals surface area contributed by atoms with Gasteiger partial charge in [0.2, 0.25) is 0 Å². The number of anilines is 4. The van der Waals surface area contributed by atoms with E-state index in [1.54, 1.807) is 0 Å². The van der Waals surface area contributed by atoms with Gasteiger partial charge >= 0.3 is 0 Å². The summed E-state index contributed by atoms with van der Waals surface area (Å²) >= 11 is 0. The maximum Gasteiger partial charge on any atom is 0.0417 e. The number of hydrogen-bond acceptors (Lipinski definition) is 2. The van der Waals surface area contributed by atoms with Crippen LogP contribution < -0.4 is 9.80 Å². The van der Waals surface area contributed by atoms with Gasteiger partial charge in [-0.2, -0.15) is 0 Å². The van der Waals surface area contributed by atoms with E-state index in [2.05, 4.69) is 157 Å². The summed E-state index contributed by atoms with van der Waals surface area (Å²) in [7, 11) is 0. The molecule has 5 rings (SSSR count). The molecule has 0 fully saturated rings. The van der Waals surface area contributed by atoms with E-state index in [0.717, 1.165) is 32.4 Å². The van der Waals surface area contributed by atoms with E-state index in [1.807, 2.05) is 0 Å². The minimum Gasteiger partial charge on any atom is -0.341 e. The molecule has 0 saturated carbocycles. The van der Waals surface area contributed by atoms with Crippen molar-refractivity contribution in [3.05, 3.63) is 133 Å². The summed E-state index contributed by atoms with van der Waals surface area (Å²) in [6.07, 6.45) is 4.64. The standard InChI is InChI=1S/C38H40N2/c1-3-5-28-39(33-18-12-8-13-19-33)35-24-22-32(23-25-35)37-27-26-36(30-38(37)31-16-10-7-11-17-31)40(29-6-4-2)34-20-14-9-15-21-34/h7-27,30H,3-6,28-29H2,1-2H3. The van der Waals surface area contributed by atoms with Crippen LogP contribution in [0.15, 0.2) is 133 Å². The minimum absolute atomic E-state index is 0.996. The molecule has 0 aliphatic rings. The van der Waals surface area contributed by atoms with E-state index >= 15 is 0 Å². The van der Waals surface area contributed by atoms with Crippen LogP contribution in [0.1, 0.15) is 39.5 Å². The van der Waals surface area contributed by atoms with Gasteiger partial charge in [-0.1, -0.05) is 112 Å². The van der Waals surface area contributed by atoms with Crippen molar-refractivity contribution in [2.75, 3.05) is 22.9 Å². The van der Waals surface area contributed by atoms with Gasteiger partial charge in [-0.3, -0.25) is 0 Å². The number of nitrogens with zero attached hydrogens (tertiary/aromatic N) is 2. The van der Waals surface area contributed by atoms with Gasteiger partial charge in [0.05, 0.1) is 0 Å². The summed E-state index contributed by atoms with van der Waals surface area (Å²) < 4.78 is 0. The molecule has 0 N–H and O–H groups in total. The Kier molecular flexibility index (Phi) is 9.32. The molecule has 202 valence electrons. The van der Waals surface area contributed by atoms with Gasteiger partial charge in [-0.25, -0.2) is 0 Å². The highest BCUT2D eigenvalue weighted by atomic mass is 15.1. The molecule has 2 heteroatoms. The zero-order valence-electron chi connectivity index (χ0n) is 23.8. The third-order valence-corrected chi connectivity index (χ3v) is 7.50. The SMILES string of the molecule is CCCCN(c1ccccc1)c1ccc(-c2ccc(N(CCCC)c3ccccc3)cc2-c2ccccc2)cc1. The summed E-state index contributed by atoms with van der Waals surface area (Å²) in [5.74, 6) is 0. The molecule has 0 unspecified atom stereocenters. The number of hydrogen-bond donors (Lipinski definition) is 0. The van der Waals surface area contributed by atoms with E-state index in [0.29, 0.717) is 0 Å². The van der Waals surface area contributed by atoms with E-state index in [9.17, 15) is 0 Å². The van der Waals surface area contributed by atoms with Gasteiger partial charge in [0.25, 0.3) is 0 Å². The van der Waals surface area contributed by atoms with Gasteiger partial charge in [-0.05, 0) is 83.6 Å². The molecule has 0 aliphatic heterocycles. The van der Waals surface area contributed by atoms with Crippen LogP contribution in [-0.2, 0) is 0 Å². The second-order valence-electron chi connectivity index (χ2n) is 10.3. The molecule has 0 radical (unpaired) electrons. The maximum atomic E-state index is 2.45. The Morgan fingerprint density at radius 3 is 1.35 bits per heavy atom. The molecule has 0 atom stereocenters. The fourth-order valence-electron chi connectivity index (χ4n) is 5.29. The van der Waals surface area contributed by atoms with Gasteiger partial charge in [0, 0.05) is 35.8 Å². The second kappa shape index (κ2) is 13.7. The van der Waals surface area contributed by atoms with Crippen LogP contribution in [0.25, 0.3) is 22.3 Å². The average Bonchev–Trinajstić information content (AvgIpc) is 3.03. The fraction of sp³-hybridized carbons (Fsp3) is 0.211. The van der Waals surface area contributed by atoms with E-state index in [-0.39, 0.29) is 0 Å². The Hall–Kier alpha value is -4.30. The molecule has 0 saturated heterocycles. The molecule has 2 nitrogen and oxygen atoms in total. The zero-order valence-corrected chi connectivity index (χ0v) is 23.8. The molecule has 0 spiro atoms. The average molecular weight is 525 g/mol. The predicted molar refractivity (Wildman–Crippen MR) is 174 cm³/mol. The van der Waals surface area contributed by atoms with Crippen molar-refractivity contribution in [1.29, 1.82) is 0 Å². The topological polar surface area (TPSA) is 6.48 Å². The summed E-state index contributed by atoms with van der Waals surface area (Å²) in [6, 6.07) is 48.4. The van der Waals surface area contributed by atoms with Gasteiger partial charge in [0.15, 0.2) is 0 Å². The first kappa shape index (κ1) is 27.3. The number of para-hydroxylation sites is 2. The lowest BCUT2D eigenvalue weighted by Crippen LogP contribution is -2.18. The van der Waals surface area contributed by atoms with Crippen LogP contribution in [0.3, 0.4) is 0 Å². The smallest absolute Gasteiger partial charge is 0.0417 e. The van der Waals surface area contributed by atoms with Gasteiger partial charge in [-0.15, -0.1) is 0 Å². The largest absolute Gasteiger partial charge is 0.341 e. The minimum atomic E-state index is 0.996. The monoisotopic (exact) mass is 524 g/mol. The quantitative estimate of drug-likeness (QED) is 0.160. The van der Waals surface area contributed by atoms with Crippen molar-refractivity contribution in [2.24, 2.45) is 0 Å². The van der Waals surface area contributed by atoms with Gasteiger partial charge < -0.3 is 9.80 Å². The van der Waals surface area contributed by atoms with Crippen molar-refractivity contribution >= 4 is 22.7 Å². The molecule has 0 heterocycles. The van der Waals surface area contributed by atoms with Crippen molar-refractivity contribution in [3.8, 4) is 22.3 Å². The third-order valence-electron chi connectivity index (χ3n) is 7.50. The van der Waals surface area contributed by atoms with E-state index < -0.39 is 0 Å². The Morgan fingerprint density at radius 1 is 0.400 bits per heavy atom. The summed E-state index contributed by atoms with van der Waals surface area (Å²) in [5.41, 5.74) is 9.92. The van der Waals surface area contributed by atoms with E-state index in [4.69, 9.17) is 0 Å². The van der Waals surface area contributed by atoms with Crippen LogP contribution >= 0.6 is 0 Å². The second-order valence-corrected chi connectivity index (χ2v) is 10.3. The normalized spacial score (nSPS) is 10.8. The van der Waals surface area contributed by atoms with Crippen molar-refractivity contribution in [1.82, 2.24) is 0 Å². The first-order valence-electron chi connectivity index (χ1n) is 14.7. The van der Waals surface area contributed by atoms with Crippen LogP contribution in [0.2, 0.25) is 0 Å². The number of unbranched alkanes of at least 4 members (excludes halogenated alkanes) is 2. The Balaban J connectivity index is 1.54. The molecular weight excluding hydrogens is 484 g/mol. The van der Waals surface area contributed by atoms with Crippen molar-refractivity contribution < 1.29 is 0 Å². The maximum absolute atomic E-state index is 2.45. The van der Waals surface area contributed by atoms with Crippen LogP contribution in [0.5, 0.6) is 0 Å². The van der Waals surface area contributed by atoms with Gasteiger partial charge in [0.1, 0.15) is 0 Å². The predicted octanol–water partition coefficient (Wildman–Crippen LogP) is 10.9. The van der Waals surface area contributed by atoms with Crippen LogP contribution in [-0.4, -0.2) is 13.1 Å². The van der Waals surface area contributed by atoms with E-state index in [1.165, 1.54) is 51.4 Å². The highest BCUT2D eigenvalue weighted by Crippen LogP contribution is 2.38. The molecular formula is C38H40N2. The first-order valence-corrected chi connectivity index (χ1v) is 14.7. The third kappa shape index (κ3) is 6.46. The molecule has 0 aliphatic carbocycles. The van der Waals surface area contributed by atoms with Crippen LogP contribution in [0, 0.1) is 0 Å². The Morgan fingerprint density at radius 2 is 0.825 bits per heavy atom. The lowest BCUT2D eigenvalue weighted by molar-refractivity contribution is 0.786. The zero-order chi connectivity index (χ0) is 27.6. The molecule has 0 bridgehead atoms. The molecule has 5 aromatic rings. The lowest BCUT2D eigenvalue weighted by atomic mass is 9.93. The number of rotatable bonds is 12. The molecule has 0 aromatic heterocycles. The lowest BCUT2D eigenvalue weighted by Gasteiger charge is -2.27. The summed E-state index contributed by atoms with van der Waals surface area (Å²) in [6.45, 7) is 6.52. The molecule has 5 aromatic carbocycles. The molecule has 40 heavy (non-hydrogen) atoms. The van der Waals surface area contributed by atoms with Crippen molar-refractivity contribution in [2.45, 2.75) is 39.5 Å². The summed E-state index contributed by atoms with van der Waals surface area (Å²) in [5, 5.41) is 0. The highest BCUT2D eigenvalue weighted by Gasteiger charge is 2.15. The molecule has 0 amide bonds. The Bertz CT molecular complexity index is 1440. The summed E-state index contributed by atoms with van der Waals surface area (Å²) in [4.78, 5) is 4.88. The Labute approximate surface area is 240 Å². The highest BCUT2D eigenvalue weighted by molar-refractivity contribution is 5.87. The fourth-order valence-corrected chi connectivity index (χ4v) is 5.29. The van der Waals surface area contributed by atoms with Crippen LogP contribution in [0.4, 0.5) is 22.7 Å². The van der Waals surface area contributed by atoms with Crippen molar-refractivity contribution in [3.63, 3.8) is 0 Å². The number of benzene rings is 5.